The highest BCUT2D eigenvalue weighted by Crippen LogP contribution is 2.59. The molecule has 4 bridgehead atoms. The van der Waals surface area contributed by atoms with Crippen LogP contribution in [-0.4, -0.2) is 19.7 Å². The van der Waals surface area contributed by atoms with Crippen molar-refractivity contribution in [3.63, 3.8) is 0 Å². The maximum Gasteiger partial charge on any atom is 0.165 e. The number of halogens is 1. The summed E-state index contributed by atoms with van der Waals surface area (Å²) >= 11 is 2.23. The topological polar surface area (TPSA) is 69.6 Å². The lowest BCUT2D eigenvalue weighted by Crippen LogP contribution is -2.52. The smallest absolute Gasteiger partial charge is 0.165 e. The SMILES string of the molecule is Nc1nn(C23CC4CC(CC(C4)C2)C3)c2ncnc(I)c12. The summed E-state index contributed by atoms with van der Waals surface area (Å²) in [5.41, 5.74) is 7.29. The first-order valence-corrected chi connectivity index (χ1v) is 8.88. The molecule has 0 aliphatic heterocycles. The molecule has 0 saturated heterocycles. The van der Waals surface area contributed by atoms with Gasteiger partial charge in [0.2, 0.25) is 0 Å². The van der Waals surface area contributed by atoms with Gasteiger partial charge in [-0.25, -0.2) is 14.6 Å². The Morgan fingerprint density at radius 3 is 2.33 bits per heavy atom. The molecule has 0 spiro atoms. The predicted molar refractivity (Wildman–Crippen MR) is 88.6 cm³/mol. The van der Waals surface area contributed by atoms with Crippen molar-refractivity contribution >= 4 is 39.4 Å². The Balaban J connectivity index is 1.73. The van der Waals surface area contributed by atoms with E-state index >= 15 is 0 Å². The van der Waals surface area contributed by atoms with Gasteiger partial charge >= 0.3 is 0 Å². The van der Waals surface area contributed by atoms with Crippen LogP contribution in [0.5, 0.6) is 0 Å². The molecule has 5 nitrogen and oxygen atoms in total. The number of nitrogens with zero attached hydrogens (tertiary/aromatic N) is 4. The molecule has 21 heavy (non-hydrogen) atoms. The van der Waals surface area contributed by atoms with Crippen LogP contribution in [-0.2, 0) is 5.54 Å². The van der Waals surface area contributed by atoms with Crippen molar-refractivity contribution in [2.24, 2.45) is 17.8 Å². The summed E-state index contributed by atoms with van der Waals surface area (Å²) < 4.78 is 3.09. The quantitative estimate of drug-likeness (QED) is 0.596. The van der Waals surface area contributed by atoms with Crippen LogP contribution in [0.2, 0.25) is 0 Å². The largest absolute Gasteiger partial charge is 0.382 e. The molecular formula is C15H18IN5. The van der Waals surface area contributed by atoms with Gasteiger partial charge in [0.15, 0.2) is 11.5 Å². The van der Waals surface area contributed by atoms with Crippen LogP contribution in [0.25, 0.3) is 11.0 Å². The highest BCUT2D eigenvalue weighted by Gasteiger charge is 2.53. The van der Waals surface area contributed by atoms with E-state index in [2.05, 4.69) is 37.2 Å². The molecule has 0 amide bonds. The van der Waals surface area contributed by atoms with Crippen molar-refractivity contribution in [3.8, 4) is 0 Å². The van der Waals surface area contributed by atoms with Crippen LogP contribution >= 0.6 is 22.6 Å². The van der Waals surface area contributed by atoms with E-state index in [9.17, 15) is 0 Å². The van der Waals surface area contributed by atoms with Crippen LogP contribution in [0.1, 0.15) is 38.5 Å². The van der Waals surface area contributed by atoms with Crippen molar-refractivity contribution in [2.75, 3.05) is 5.73 Å². The van der Waals surface area contributed by atoms with Crippen LogP contribution < -0.4 is 5.73 Å². The Kier molecular flexibility index (Phi) is 2.45. The first-order chi connectivity index (χ1) is 10.1. The summed E-state index contributed by atoms with van der Waals surface area (Å²) in [6.07, 6.45) is 9.71. The van der Waals surface area contributed by atoms with Gasteiger partial charge in [0.25, 0.3) is 0 Å². The normalized spacial score (nSPS) is 37.5. The molecule has 6 rings (SSSR count). The van der Waals surface area contributed by atoms with E-state index in [0.717, 1.165) is 32.5 Å². The minimum Gasteiger partial charge on any atom is -0.382 e. The van der Waals surface area contributed by atoms with Gasteiger partial charge in [0, 0.05) is 0 Å². The second-order valence-electron chi connectivity index (χ2n) is 7.30. The monoisotopic (exact) mass is 395 g/mol. The van der Waals surface area contributed by atoms with Crippen molar-refractivity contribution in [3.05, 3.63) is 10.0 Å². The number of hydrogen-bond donors (Lipinski definition) is 1. The molecule has 2 N–H and O–H groups in total. The Bertz CT molecular complexity index is 702. The van der Waals surface area contributed by atoms with Crippen molar-refractivity contribution in [1.82, 2.24) is 19.7 Å². The van der Waals surface area contributed by atoms with E-state index in [1.165, 1.54) is 38.5 Å². The van der Waals surface area contributed by atoms with Crippen LogP contribution in [0.3, 0.4) is 0 Å². The third-order valence-electron chi connectivity index (χ3n) is 5.90. The van der Waals surface area contributed by atoms with E-state index in [0.29, 0.717) is 5.82 Å². The number of hydrogen-bond acceptors (Lipinski definition) is 4. The molecule has 2 aromatic rings. The van der Waals surface area contributed by atoms with Gasteiger partial charge in [-0.3, -0.25) is 0 Å². The number of fused-ring (bicyclic) bond motifs is 1. The van der Waals surface area contributed by atoms with Crippen molar-refractivity contribution < 1.29 is 0 Å². The van der Waals surface area contributed by atoms with Gasteiger partial charge in [-0.05, 0) is 78.9 Å². The summed E-state index contributed by atoms with van der Waals surface area (Å²) in [5, 5.41) is 5.67. The molecule has 2 aromatic heterocycles. The summed E-state index contributed by atoms with van der Waals surface area (Å²) in [7, 11) is 0. The fourth-order valence-corrected chi connectivity index (χ4v) is 6.24. The van der Waals surface area contributed by atoms with E-state index in [1.807, 2.05) is 0 Å². The van der Waals surface area contributed by atoms with E-state index < -0.39 is 0 Å². The second kappa shape index (κ2) is 4.08. The average molecular weight is 395 g/mol. The van der Waals surface area contributed by atoms with E-state index in [1.54, 1.807) is 6.33 Å². The molecule has 0 aromatic carbocycles. The van der Waals surface area contributed by atoms with Crippen molar-refractivity contribution in [1.29, 1.82) is 0 Å². The maximum absolute atomic E-state index is 6.18. The maximum atomic E-state index is 6.18. The van der Waals surface area contributed by atoms with Crippen LogP contribution in [0, 0.1) is 21.5 Å². The molecule has 2 heterocycles. The molecular weight excluding hydrogens is 377 g/mol. The van der Waals surface area contributed by atoms with Crippen LogP contribution in [0.4, 0.5) is 5.82 Å². The lowest BCUT2D eigenvalue weighted by Gasteiger charge is -2.56. The summed E-state index contributed by atoms with van der Waals surface area (Å²) in [6, 6.07) is 0. The summed E-state index contributed by atoms with van der Waals surface area (Å²) in [4.78, 5) is 8.79. The second-order valence-corrected chi connectivity index (χ2v) is 8.32. The van der Waals surface area contributed by atoms with Gasteiger partial charge in [-0.15, -0.1) is 0 Å². The minimum absolute atomic E-state index is 0.169. The van der Waals surface area contributed by atoms with Gasteiger partial charge in [-0.1, -0.05) is 0 Å². The van der Waals surface area contributed by atoms with Crippen molar-refractivity contribution in [2.45, 2.75) is 44.1 Å². The molecule has 6 heteroatoms. The fraction of sp³-hybridized carbons (Fsp3) is 0.667. The van der Waals surface area contributed by atoms with E-state index in [-0.39, 0.29) is 5.54 Å². The highest BCUT2D eigenvalue weighted by atomic mass is 127. The Labute approximate surface area is 136 Å². The molecule has 0 radical (unpaired) electrons. The van der Waals surface area contributed by atoms with Crippen LogP contribution in [0.15, 0.2) is 6.33 Å². The fourth-order valence-electron chi connectivity index (χ4n) is 5.60. The van der Waals surface area contributed by atoms with E-state index in [4.69, 9.17) is 10.8 Å². The predicted octanol–water partition coefficient (Wildman–Crippen LogP) is 2.94. The highest BCUT2D eigenvalue weighted by molar-refractivity contribution is 14.1. The average Bonchev–Trinajstić information content (AvgIpc) is 2.77. The molecule has 4 saturated carbocycles. The zero-order valence-corrected chi connectivity index (χ0v) is 14.0. The molecule has 0 unspecified atom stereocenters. The number of anilines is 1. The lowest BCUT2D eigenvalue weighted by molar-refractivity contribution is -0.0471. The standard InChI is InChI=1S/C15H18IN5/c16-12-11-13(17)20-21(14(11)19-7-18-12)15-4-8-1-9(5-15)3-10(2-8)6-15/h7-10H,1-6H2,(H2,17,20). The zero-order valence-electron chi connectivity index (χ0n) is 11.8. The van der Waals surface area contributed by atoms with Gasteiger partial charge in [0.1, 0.15) is 10.0 Å². The molecule has 4 aliphatic rings. The molecule has 4 aliphatic carbocycles. The Morgan fingerprint density at radius 1 is 1.10 bits per heavy atom. The number of nitrogen functional groups attached to an aromatic ring is 1. The number of rotatable bonds is 1. The Hall–Kier alpha value is -0.920. The number of nitrogens with two attached hydrogens (primary N) is 1. The Morgan fingerprint density at radius 2 is 1.71 bits per heavy atom. The lowest BCUT2D eigenvalue weighted by atomic mass is 9.53. The first kappa shape index (κ1) is 12.6. The van der Waals surface area contributed by atoms with Gasteiger partial charge < -0.3 is 5.73 Å². The molecule has 0 atom stereocenters. The number of aromatic nitrogens is 4. The van der Waals surface area contributed by atoms with Gasteiger partial charge in [0.05, 0.1) is 10.9 Å². The minimum atomic E-state index is 0.169. The molecule has 4 fully saturated rings. The van der Waals surface area contributed by atoms with Gasteiger partial charge in [-0.2, -0.15) is 5.10 Å². The first-order valence-electron chi connectivity index (χ1n) is 7.80. The third-order valence-corrected chi connectivity index (χ3v) is 6.72. The third kappa shape index (κ3) is 1.65. The summed E-state index contributed by atoms with van der Waals surface area (Å²) in [5.74, 6) is 3.25. The molecule has 110 valence electrons. The summed E-state index contributed by atoms with van der Waals surface area (Å²) in [6.45, 7) is 0. The zero-order chi connectivity index (χ0) is 14.2.